The molecule has 0 atom stereocenters. The van der Waals surface area contributed by atoms with Gasteiger partial charge in [0.05, 0.1) is 11.1 Å². The molecule has 0 saturated heterocycles. The Morgan fingerprint density at radius 1 is 1.22 bits per heavy atom. The molecule has 98 valence electrons. The number of carbonyl (C=O) groups is 2. The van der Waals surface area contributed by atoms with Crippen LogP contribution in [0, 0.1) is 0 Å². The van der Waals surface area contributed by atoms with Crippen molar-refractivity contribution in [3.63, 3.8) is 0 Å². The second-order valence-corrected chi connectivity index (χ2v) is 5.04. The minimum Gasteiger partial charge on any atom is -0.478 e. The van der Waals surface area contributed by atoms with E-state index < -0.39 is 17.5 Å². The van der Waals surface area contributed by atoms with Crippen molar-refractivity contribution in [2.24, 2.45) is 0 Å². The minimum absolute atomic E-state index is 0.0106. The van der Waals surface area contributed by atoms with Crippen LogP contribution in [0.25, 0.3) is 0 Å². The van der Waals surface area contributed by atoms with Crippen LogP contribution in [0.4, 0.5) is 0 Å². The molecule has 4 heteroatoms. The fourth-order valence-corrected chi connectivity index (χ4v) is 1.50. The van der Waals surface area contributed by atoms with Crippen molar-refractivity contribution in [1.82, 2.24) is 0 Å². The van der Waals surface area contributed by atoms with E-state index in [9.17, 15) is 9.59 Å². The first-order valence-corrected chi connectivity index (χ1v) is 5.84. The number of rotatable bonds is 3. The fourth-order valence-electron chi connectivity index (χ4n) is 1.50. The van der Waals surface area contributed by atoms with E-state index in [1.807, 2.05) is 6.92 Å². The molecule has 0 fully saturated rings. The maximum atomic E-state index is 11.9. The van der Waals surface area contributed by atoms with Crippen LogP contribution in [0.15, 0.2) is 18.2 Å². The molecule has 0 radical (unpaired) electrons. The average Bonchev–Trinajstić information content (AvgIpc) is 2.25. The van der Waals surface area contributed by atoms with Gasteiger partial charge in [-0.25, -0.2) is 9.59 Å². The van der Waals surface area contributed by atoms with Gasteiger partial charge in [0.1, 0.15) is 5.60 Å². The highest BCUT2D eigenvalue weighted by atomic mass is 16.6. The van der Waals surface area contributed by atoms with E-state index in [0.717, 1.165) is 12.0 Å². The van der Waals surface area contributed by atoms with Crippen LogP contribution in [0.2, 0.25) is 0 Å². The highest BCUT2D eigenvalue weighted by Gasteiger charge is 2.22. The monoisotopic (exact) mass is 250 g/mol. The number of aromatic carboxylic acids is 1. The summed E-state index contributed by atoms with van der Waals surface area (Å²) in [6.07, 6.45) is 0.717. The molecule has 4 nitrogen and oxygen atoms in total. The van der Waals surface area contributed by atoms with Crippen LogP contribution in [0.3, 0.4) is 0 Å². The quantitative estimate of drug-likeness (QED) is 0.838. The Hall–Kier alpha value is -1.84. The van der Waals surface area contributed by atoms with Crippen LogP contribution >= 0.6 is 0 Å². The fraction of sp³-hybridized carbons (Fsp3) is 0.429. The van der Waals surface area contributed by atoms with Crippen molar-refractivity contribution in [2.45, 2.75) is 39.7 Å². The summed E-state index contributed by atoms with van der Waals surface area (Å²) >= 11 is 0. The van der Waals surface area contributed by atoms with Gasteiger partial charge >= 0.3 is 11.9 Å². The lowest BCUT2D eigenvalue weighted by Gasteiger charge is -2.20. The van der Waals surface area contributed by atoms with Gasteiger partial charge < -0.3 is 9.84 Å². The van der Waals surface area contributed by atoms with Gasteiger partial charge in [0, 0.05) is 0 Å². The number of benzene rings is 1. The molecule has 0 heterocycles. The van der Waals surface area contributed by atoms with Crippen molar-refractivity contribution >= 4 is 11.9 Å². The Balaban J connectivity index is 3.16. The zero-order valence-electron chi connectivity index (χ0n) is 11.1. The maximum Gasteiger partial charge on any atom is 0.339 e. The van der Waals surface area contributed by atoms with Crippen LogP contribution < -0.4 is 0 Å². The molecule has 0 bridgehead atoms. The lowest BCUT2D eigenvalue weighted by molar-refractivity contribution is 0.00658. The predicted octanol–water partition coefficient (Wildman–Crippen LogP) is 2.90. The van der Waals surface area contributed by atoms with E-state index in [0.29, 0.717) is 0 Å². The first-order valence-electron chi connectivity index (χ1n) is 5.84. The molecule has 1 aromatic rings. The first kappa shape index (κ1) is 14.2. The molecule has 0 aromatic heterocycles. The summed E-state index contributed by atoms with van der Waals surface area (Å²) in [7, 11) is 0. The van der Waals surface area contributed by atoms with E-state index in [2.05, 4.69) is 0 Å². The van der Waals surface area contributed by atoms with Gasteiger partial charge in [-0.05, 0) is 44.9 Å². The molecule has 0 spiro atoms. The molecule has 1 aromatic carbocycles. The first-order chi connectivity index (χ1) is 8.24. The topological polar surface area (TPSA) is 63.6 Å². The number of hydrogen-bond donors (Lipinski definition) is 1. The SMILES string of the molecule is CCc1ccc(C(=O)OC(C)(C)C)c(C(=O)O)c1. The van der Waals surface area contributed by atoms with Crippen LogP contribution in [0.5, 0.6) is 0 Å². The summed E-state index contributed by atoms with van der Waals surface area (Å²) in [5, 5.41) is 9.13. The number of esters is 1. The summed E-state index contributed by atoms with van der Waals surface area (Å²) in [6.45, 7) is 7.15. The van der Waals surface area contributed by atoms with E-state index in [4.69, 9.17) is 9.84 Å². The normalized spacial score (nSPS) is 11.1. The molecule has 0 aliphatic rings. The lowest BCUT2D eigenvalue weighted by atomic mass is 10.0. The number of carboxylic acids is 1. The van der Waals surface area contributed by atoms with E-state index in [1.165, 1.54) is 12.1 Å². The Kier molecular flexibility index (Phi) is 4.11. The second kappa shape index (κ2) is 5.21. The van der Waals surface area contributed by atoms with E-state index >= 15 is 0 Å². The van der Waals surface area contributed by atoms with Gasteiger partial charge in [0.15, 0.2) is 0 Å². The Bertz CT molecular complexity index is 469. The van der Waals surface area contributed by atoms with E-state index in [1.54, 1.807) is 26.8 Å². The second-order valence-electron chi connectivity index (χ2n) is 5.04. The third kappa shape index (κ3) is 3.58. The Labute approximate surface area is 107 Å². The van der Waals surface area contributed by atoms with Gasteiger partial charge in [-0.3, -0.25) is 0 Å². The Morgan fingerprint density at radius 3 is 2.28 bits per heavy atom. The highest BCUT2D eigenvalue weighted by Crippen LogP contribution is 2.17. The number of ether oxygens (including phenoxy) is 1. The third-order valence-electron chi connectivity index (χ3n) is 2.34. The molecule has 1 N–H and O–H groups in total. The largest absolute Gasteiger partial charge is 0.478 e. The summed E-state index contributed by atoms with van der Waals surface area (Å²) in [5.74, 6) is -1.73. The zero-order valence-corrected chi connectivity index (χ0v) is 11.1. The summed E-state index contributed by atoms with van der Waals surface area (Å²) in [6, 6.07) is 4.77. The standard InChI is InChI=1S/C14H18O4/c1-5-9-6-7-10(11(8-9)12(15)16)13(17)18-14(2,3)4/h6-8H,5H2,1-4H3,(H,15,16). The third-order valence-corrected chi connectivity index (χ3v) is 2.34. The molecule has 0 aliphatic heterocycles. The van der Waals surface area contributed by atoms with Crippen LogP contribution in [0.1, 0.15) is 54.0 Å². The van der Waals surface area contributed by atoms with Gasteiger partial charge in [-0.15, -0.1) is 0 Å². The summed E-state index contributed by atoms with van der Waals surface area (Å²) in [5.41, 5.74) is 0.314. The van der Waals surface area contributed by atoms with Crippen LogP contribution in [-0.4, -0.2) is 22.6 Å². The molecule has 18 heavy (non-hydrogen) atoms. The molecular formula is C14H18O4. The molecule has 1 rings (SSSR count). The molecule has 0 saturated carbocycles. The number of carbonyl (C=O) groups excluding carboxylic acids is 1. The lowest BCUT2D eigenvalue weighted by Crippen LogP contribution is -2.25. The number of carboxylic acid groups (broad SMARTS) is 1. The number of hydrogen-bond acceptors (Lipinski definition) is 3. The van der Waals surface area contributed by atoms with Crippen LogP contribution in [-0.2, 0) is 11.2 Å². The molecule has 0 unspecified atom stereocenters. The van der Waals surface area contributed by atoms with Crippen molar-refractivity contribution in [3.8, 4) is 0 Å². The summed E-state index contributed by atoms with van der Waals surface area (Å²) < 4.78 is 5.19. The minimum atomic E-state index is -1.12. The molecule has 0 aliphatic carbocycles. The zero-order chi connectivity index (χ0) is 13.9. The predicted molar refractivity (Wildman–Crippen MR) is 67.9 cm³/mol. The van der Waals surface area contributed by atoms with E-state index in [-0.39, 0.29) is 11.1 Å². The van der Waals surface area contributed by atoms with Gasteiger partial charge in [-0.2, -0.15) is 0 Å². The van der Waals surface area contributed by atoms with Gasteiger partial charge in [0.25, 0.3) is 0 Å². The van der Waals surface area contributed by atoms with Crippen molar-refractivity contribution in [1.29, 1.82) is 0 Å². The Morgan fingerprint density at radius 2 is 1.83 bits per heavy atom. The summed E-state index contributed by atoms with van der Waals surface area (Å²) in [4.78, 5) is 23.1. The van der Waals surface area contributed by atoms with Crippen molar-refractivity contribution in [3.05, 3.63) is 34.9 Å². The van der Waals surface area contributed by atoms with Gasteiger partial charge in [0.2, 0.25) is 0 Å². The number of aryl methyl sites for hydroxylation is 1. The molecule has 0 amide bonds. The maximum absolute atomic E-state index is 11.9. The molecular weight excluding hydrogens is 232 g/mol. The van der Waals surface area contributed by atoms with Crippen molar-refractivity contribution < 1.29 is 19.4 Å². The van der Waals surface area contributed by atoms with Gasteiger partial charge in [-0.1, -0.05) is 13.0 Å². The van der Waals surface area contributed by atoms with Crippen molar-refractivity contribution in [2.75, 3.05) is 0 Å². The highest BCUT2D eigenvalue weighted by molar-refractivity contribution is 6.02. The smallest absolute Gasteiger partial charge is 0.339 e. The average molecular weight is 250 g/mol.